The Morgan fingerprint density at radius 3 is 2.44 bits per heavy atom. The zero-order valence-corrected chi connectivity index (χ0v) is 17.9. The van der Waals surface area contributed by atoms with Gasteiger partial charge in [0.25, 0.3) is 11.5 Å². The van der Waals surface area contributed by atoms with Crippen LogP contribution in [0.2, 0.25) is 0 Å². The second kappa shape index (κ2) is 8.89. The van der Waals surface area contributed by atoms with Crippen molar-refractivity contribution >= 4 is 22.5 Å². The summed E-state index contributed by atoms with van der Waals surface area (Å²) in [5.41, 5.74) is -1.98. The van der Waals surface area contributed by atoms with Crippen LogP contribution < -0.4 is 21.5 Å². The maximum absolute atomic E-state index is 14.4. The van der Waals surface area contributed by atoms with Gasteiger partial charge in [-0.05, 0) is 29.8 Å². The number of halogens is 4. The molecule has 0 atom stereocenters. The first-order valence-corrected chi connectivity index (χ1v) is 10.3. The summed E-state index contributed by atoms with van der Waals surface area (Å²) in [5, 5.41) is 2.14. The number of rotatable bonds is 4. The van der Waals surface area contributed by atoms with Crippen molar-refractivity contribution in [2.45, 2.75) is 12.8 Å². The van der Waals surface area contributed by atoms with Gasteiger partial charge in [-0.2, -0.15) is 8.96 Å². The van der Waals surface area contributed by atoms with Gasteiger partial charge in [0.05, 0.1) is 16.6 Å². The van der Waals surface area contributed by atoms with Crippen LogP contribution >= 0.6 is 0 Å². The molecule has 1 saturated heterocycles. The number of aromatic amines is 1. The number of aromatic nitrogens is 3. The normalized spacial score (nSPS) is 15.0. The fraction of sp³-hybridized carbons (Fsp3) is 0.333. The topological polar surface area (TPSA) is 103 Å². The predicted molar refractivity (Wildman–Crippen MR) is 115 cm³/mol. The predicted octanol–water partition coefficient (Wildman–Crippen LogP) is 1.38. The monoisotopic (exact) mass is 480 g/mol. The van der Waals surface area contributed by atoms with Crippen molar-refractivity contribution in [1.82, 2.24) is 24.8 Å². The molecule has 0 spiro atoms. The van der Waals surface area contributed by atoms with Gasteiger partial charge < -0.3 is 15.2 Å². The lowest BCUT2D eigenvalue weighted by Crippen LogP contribution is -2.46. The van der Waals surface area contributed by atoms with Gasteiger partial charge in [0, 0.05) is 39.8 Å². The molecule has 34 heavy (non-hydrogen) atoms. The summed E-state index contributed by atoms with van der Waals surface area (Å²) in [6.45, 7) is 2.50. The van der Waals surface area contributed by atoms with Gasteiger partial charge in [0.2, 0.25) is 5.95 Å². The molecule has 13 heteroatoms. The number of nitrogens with one attached hydrogen (secondary N) is 2. The van der Waals surface area contributed by atoms with Crippen LogP contribution in [0.1, 0.15) is 16.1 Å². The van der Waals surface area contributed by atoms with Gasteiger partial charge in [-0.1, -0.05) is 6.07 Å². The summed E-state index contributed by atoms with van der Waals surface area (Å²) in [6, 6.07) is 7.24. The van der Waals surface area contributed by atoms with Crippen LogP contribution in [-0.2, 0) is 12.8 Å². The number of benzene rings is 1. The average molecular weight is 480 g/mol. The number of fused-ring (bicyclic) bond motifs is 1. The molecule has 1 fully saturated rings. The first kappa shape index (κ1) is 23.4. The number of piperazine rings is 1. The number of carbonyl (C=O) groups excluding carboxylic acids is 1. The number of hydrogen-bond acceptors (Lipinski definition) is 6. The molecule has 1 aliphatic heterocycles. The SMILES string of the molecule is CNC(=O)c1ccc(N2CCN(Cc3ccc4c(=O)n(C(F)(F)F)c(=O)[nH]c4c3)CC2)c(F)n1. The second-order valence-corrected chi connectivity index (χ2v) is 7.77. The van der Waals surface area contributed by atoms with E-state index in [1.807, 2.05) is 4.90 Å². The summed E-state index contributed by atoms with van der Waals surface area (Å²) in [7, 11) is 1.43. The minimum atomic E-state index is -5.12. The van der Waals surface area contributed by atoms with E-state index >= 15 is 0 Å². The zero-order chi connectivity index (χ0) is 24.6. The third-order valence-corrected chi connectivity index (χ3v) is 5.62. The van der Waals surface area contributed by atoms with Crippen molar-refractivity contribution in [2.24, 2.45) is 0 Å². The Labute approximate surface area is 189 Å². The number of anilines is 1. The molecule has 3 aromatic rings. The molecule has 4 rings (SSSR count). The third kappa shape index (κ3) is 4.51. The maximum Gasteiger partial charge on any atom is 0.495 e. The Bertz CT molecular complexity index is 1360. The third-order valence-electron chi connectivity index (χ3n) is 5.62. The van der Waals surface area contributed by atoms with Crippen molar-refractivity contribution in [3.05, 3.63) is 68.4 Å². The van der Waals surface area contributed by atoms with E-state index in [-0.39, 0.29) is 22.3 Å². The molecule has 0 aliphatic carbocycles. The molecular weight excluding hydrogens is 460 g/mol. The van der Waals surface area contributed by atoms with Gasteiger partial charge in [0.1, 0.15) is 5.69 Å². The van der Waals surface area contributed by atoms with Crippen molar-refractivity contribution in [3.63, 3.8) is 0 Å². The smallest absolute Gasteiger partial charge is 0.365 e. The molecule has 1 aliphatic rings. The Hall–Kier alpha value is -3.74. The highest BCUT2D eigenvalue weighted by Crippen LogP contribution is 2.22. The van der Waals surface area contributed by atoms with Crippen molar-refractivity contribution in [1.29, 1.82) is 0 Å². The molecule has 180 valence electrons. The summed E-state index contributed by atoms with van der Waals surface area (Å²) < 4.78 is 52.5. The second-order valence-electron chi connectivity index (χ2n) is 7.77. The largest absolute Gasteiger partial charge is 0.495 e. The lowest BCUT2D eigenvalue weighted by Gasteiger charge is -2.36. The molecule has 3 heterocycles. The Morgan fingerprint density at radius 2 is 1.82 bits per heavy atom. The molecule has 2 N–H and O–H groups in total. The lowest BCUT2D eigenvalue weighted by molar-refractivity contribution is -0.208. The van der Waals surface area contributed by atoms with Crippen molar-refractivity contribution in [3.8, 4) is 0 Å². The fourth-order valence-corrected chi connectivity index (χ4v) is 3.92. The zero-order valence-electron chi connectivity index (χ0n) is 17.9. The molecule has 1 aromatic carbocycles. The van der Waals surface area contributed by atoms with E-state index in [9.17, 15) is 31.9 Å². The van der Waals surface area contributed by atoms with Crippen LogP contribution in [-0.4, -0.2) is 58.6 Å². The fourth-order valence-electron chi connectivity index (χ4n) is 3.92. The Morgan fingerprint density at radius 1 is 1.12 bits per heavy atom. The van der Waals surface area contributed by atoms with E-state index in [0.717, 1.165) is 0 Å². The van der Waals surface area contributed by atoms with Gasteiger partial charge >= 0.3 is 12.0 Å². The van der Waals surface area contributed by atoms with E-state index < -0.39 is 34.0 Å². The molecule has 0 unspecified atom stereocenters. The van der Waals surface area contributed by atoms with E-state index in [0.29, 0.717) is 38.3 Å². The van der Waals surface area contributed by atoms with Crippen molar-refractivity contribution < 1.29 is 22.4 Å². The van der Waals surface area contributed by atoms with E-state index in [1.165, 1.54) is 37.4 Å². The highest BCUT2D eigenvalue weighted by atomic mass is 19.4. The van der Waals surface area contributed by atoms with Gasteiger partial charge in [-0.3, -0.25) is 14.5 Å². The quantitative estimate of drug-likeness (QED) is 0.432. The highest BCUT2D eigenvalue weighted by molar-refractivity contribution is 5.92. The van der Waals surface area contributed by atoms with Crippen LogP contribution in [0, 0.1) is 5.95 Å². The highest BCUT2D eigenvalue weighted by Gasteiger charge is 2.35. The molecule has 0 saturated carbocycles. The molecule has 0 radical (unpaired) electrons. The standard InChI is InChI=1S/C21H20F4N6O3/c1-26-18(32)14-4-5-16(17(22)27-14)30-8-6-29(7-9-30)11-12-2-3-13-15(10-12)28-20(34)31(19(13)33)21(23,24)25/h2-5,10H,6-9,11H2,1H3,(H,26,32)(H,28,34). The number of H-pyrrole nitrogens is 1. The van der Waals surface area contributed by atoms with Crippen molar-refractivity contribution in [2.75, 3.05) is 38.1 Å². The van der Waals surface area contributed by atoms with Gasteiger partial charge in [-0.15, -0.1) is 13.2 Å². The first-order valence-electron chi connectivity index (χ1n) is 10.3. The number of pyridine rings is 1. The van der Waals surface area contributed by atoms with E-state index in [1.54, 1.807) is 0 Å². The minimum Gasteiger partial charge on any atom is -0.365 e. The minimum absolute atomic E-state index is 0.0151. The number of carbonyl (C=O) groups is 1. The summed E-state index contributed by atoms with van der Waals surface area (Å²) in [4.78, 5) is 45.2. The number of nitrogens with zero attached hydrogens (tertiary/aromatic N) is 4. The number of hydrogen-bond donors (Lipinski definition) is 2. The Balaban J connectivity index is 1.46. The molecular formula is C21H20F4N6O3. The first-order chi connectivity index (χ1) is 16.1. The molecule has 1 amide bonds. The van der Waals surface area contributed by atoms with Crippen LogP contribution in [0.4, 0.5) is 23.2 Å². The summed E-state index contributed by atoms with van der Waals surface area (Å²) >= 11 is 0. The average Bonchev–Trinajstić information content (AvgIpc) is 2.78. The molecule has 0 bridgehead atoms. The van der Waals surface area contributed by atoms with Gasteiger partial charge in [-0.25, -0.2) is 9.78 Å². The van der Waals surface area contributed by atoms with Crippen LogP contribution in [0.5, 0.6) is 0 Å². The number of amides is 1. The Kier molecular flexibility index (Phi) is 6.13. The lowest BCUT2D eigenvalue weighted by atomic mass is 10.1. The summed E-state index contributed by atoms with van der Waals surface area (Å²) in [6.07, 6.45) is -5.12. The number of alkyl halides is 3. The van der Waals surface area contributed by atoms with E-state index in [4.69, 9.17) is 0 Å². The maximum atomic E-state index is 14.4. The van der Waals surface area contributed by atoms with Crippen LogP contribution in [0.15, 0.2) is 39.9 Å². The summed E-state index contributed by atoms with van der Waals surface area (Å²) in [5.74, 6) is -1.22. The van der Waals surface area contributed by atoms with E-state index in [2.05, 4.69) is 20.2 Å². The van der Waals surface area contributed by atoms with Crippen LogP contribution in [0.25, 0.3) is 10.9 Å². The van der Waals surface area contributed by atoms with Crippen LogP contribution in [0.3, 0.4) is 0 Å². The molecule has 2 aromatic heterocycles. The van der Waals surface area contributed by atoms with Gasteiger partial charge in [0.15, 0.2) is 0 Å². The molecule has 9 nitrogen and oxygen atoms in total.